The average molecular weight is 503 g/mol. The highest BCUT2D eigenvalue weighted by atomic mass is 16.5. The van der Waals surface area contributed by atoms with Crippen LogP contribution in [-0.4, -0.2) is 46.3 Å². The molecule has 1 saturated heterocycles. The first-order chi connectivity index (χ1) is 18.0. The fourth-order valence-electron chi connectivity index (χ4n) is 5.65. The zero-order valence-corrected chi connectivity index (χ0v) is 21.8. The van der Waals surface area contributed by atoms with E-state index in [0.29, 0.717) is 18.8 Å². The summed E-state index contributed by atoms with van der Waals surface area (Å²) < 4.78 is 5.38. The Balaban J connectivity index is 1.44. The largest absolute Gasteiger partial charge is 0.497 e. The van der Waals surface area contributed by atoms with Crippen LogP contribution in [0.1, 0.15) is 56.3 Å². The van der Waals surface area contributed by atoms with Gasteiger partial charge in [0.15, 0.2) is 0 Å². The van der Waals surface area contributed by atoms with Crippen LogP contribution in [0.5, 0.6) is 5.75 Å². The molecule has 37 heavy (non-hydrogen) atoms. The summed E-state index contributed by atoms with van der Waals surface area (Å²) in [6.45, 7) is 3.89. The van der Waals surface area contributed by atoms with Gasteiger partial charge in [-0.1, -0.05) is 36.4 Å². The number of aliphatic carboxylic acids is 1. The number of aliphatic hydroxyl groups is 1. The first-order valence-corrected chi connectivity index (χ1v) is 13.2. The van der Waals surface area contributed by atoms with E-state index < -0.39 is 12.1 Å². The lowest BCUT2D eigenvalue weighted by Crippen LogP contribution is -2.40. The summed E-state index contributed by atoms with van der Waals surface area (Å²) in [5, 5.41) is 21.5. The number of carbonyl (C=O) groups is 1. The highest BCUT2D eigenvalue weighted by Gasteiger charge is 2.31. The van der Waals surface area contributed by atoms with Gasteiger partial charge < -0.3 is 19.8 Å². The molecule has 0 aliphatic carbocycles. The molecule has 3 atom stereocenters. The van der Waals surface area contributed by atoms with Crippen molar-refractivity contribution in [1.82, 2.24) is 9.88 Å². The van der Waals surface area contributed by atoms with Gasteiger partial charge in [0.25, 0.3) is 0 Å². The van der Waals surface area contributed by atoms with Crippen LogP contribution in [0, 0.1) is 11.8 Å². The lowest BCUT2D eigenvalue weighted by atomic mass is 9.78. The Kier molecular flexibility index (Phi) is 9.18. The maximum atomic E-state index is 11.4. The van der Waals surface area contributed by atoms with Gasteiger partial charge >= 0.3 is 5.97 Å². The minimum absolute atomic E-state index is 0.177. The Morgan fingerprint density at radius 3 is 2.70 bits per heavy atom. The van der Waals surface area contributed by atoms with Gasteiger partial charge in [0.2, 0.25) is 0 Å². The first-order valence-electron chi connectivity index (χ1n) is 13.2. The average Bonchev–Trinajstić information content (AvgIpc) is 2.93. The summed E-state index contributed by atoms with van der Waals surface area (Å²) in [5.74, 6) is 0.647. The number of methoxy groups -OCH3 is 1. The number of aromatic nitrogens is 1. The SMILES string of the molecule is CC=C(Cc1ccccc1)N1CCC(CC[C@H](O)c2ccnc3ccc(OC)cc23)C(CCC(=O)O)C1. The number of hydrogen-bond acceptors (Lipinski definition) is 5. The van der Waals surface area contributed by atoms with Crippen molar-refractivity contribution in [3.8, 4) is 5.75 Å². The molecule has 2 N–H and O–H groups in total. The molecule has 0 spiro atoms. The number of piperidine rings is 1. The zero-order valence-electron chi connectivity index (χ0n) is 21.8. The van der Waals surface area contributed by atoms with Crippen molar-refractivity contribution in [3.05, 3.63) is 83.7 Å². The predicted octanol–water partition coefficient (Wildman–Crippen LogP) is 6.01. The van der Waals surface area contributed by atoms with Crippen molar-refractivity contribution < 1.29 is 19.7 Å². The second kappa shape index (κ2) is 12.7. The van der Waals surface area contributed by atoms with E-state index in [9.17, 15) is 15.0 Å². The topological polar surface area (TPSA) is 82.9 Å². The molecule has 1 aliphatic heterocycles. The number of hydrogen-bond donors (Lipinski definition) is 2. The van der Waals surface area contributed by atoms with Gasteiger partial charge in [0.1, 0.15) is 5.75 Å². The normalized spacial score (nSPS) is 19.1. The van der Waals surface area contributed by atoms with Gasteiger partial charge in [0, 0.05) is 43.2 Å². The third-order valence-electron chi connectivity index (χ3n) is 7.74. The van der Waals surface area contributed by atoms with E-state index in [2.05, 4.69) is 47.1 Å². The van der Waals surface area contributed by atoms with Crippen LogP contribution in [0.2, 0.25) is 0 Å². The summed E-state index contributed by atoms with van der Waals surface area (Å²) >= 11 is 0. The molecule has 1 fully saturated rings. The summed E-state index contributed by atoms with van der Waals surface area (Å²) in [7, 11) is 1.64. The van der Waals surface area contributed by atoms with Gasteiger partial charge in [-0.2, -0.15) is 0 Å². The Morgan fingerprint density at radius 1 is 1.16 bits per heavy atom. The summed E-state index contributed by atoms with van der Waals surface area (Å²) in [6.07, 6.45) is 7.52. The molecule has 6 nitrogen and oxygen atoms in total. The molecule has 1 aromatic heterocycles. The smallest absolute Gasteiger partial charge is 0.303 e. The number of allylic oxidation sites excluding steroid dienone is 2. The Labute approximate surface area is 219 Å². The van der Waals surface area contributed by atoms with Crippen molar-refractivity contribution in [2.45, 2.75) is 51.6 Å². The highest BCUT2D eigenvalue weighted by molar-refractivity contribution is 5.83. The van der Waals surface area contributed by atoms with E-state index in [1.807, 2.05) is 30.3 Å². The van der Waals surface area contributed by atoms with Crippen LogP contribution in [0.25, 0.3) is 10.9 Å². The minimum atomic E-state index is -0.747. The number of benzene rings is 2. The summed E-state index contributed by atoms with van der Waals surface area (Å²) in [5.41, 5.74) is 4.27. The van der Waals surface area contributed by atoms with E-state index in [-0.39, 0.29) is 12.3 Å². The monoisotopic (exact) mass is 502 g/mol. The lowest BCUT2D eigenvalue weighted by molar-refractivity contribution is -0.137. The molecule has 0 saturated carbocycles. The second-order valence-electron chi connectivity index (χ2n) is 10.0. The van der Waals surface area contributed by atoms with Crippen molar-refractivity contribution in [3.63, 3.8) is 0 Å². The zero-order chi connectivity index (χ0) is 26.2. The van der Waals surface area contributed by atoms with Gasteiger partial charge in [-0.25, -0.2) is 0 Å². The van der Waals surface area contributed by atoms with Crippen molar-refractivity contribution in [2.75, 3.05) is 20.2 Å². The van der Waals surface area contributed by atoms with Gasteiger partial charge in [-0.3, -0.25) is 9.78 Å². The molecular weight excluding hydrogens is 464 g/mol. The fraction of sp³-hybridized carbons (Fsp3) is 0.419. The van der Waals surface area contributed by atoms with E-state index in [1.165, 1.54) is 11.3 Å². The van der Waals surface area contributed by atoms with E-state index in [4.69, 9.17) is 4.74 Å². The molecule has 196 valence electrons. The summed E-state index contributed by atoms with van der Waals surface area (Å²) in [4.78, 5) is 18.3. The second-order valence-corrected chi connectivity index (χ2v) is 10.0. The lowest BCUT2D eigenvalue weighted by Gasteiger charge is -2.41. The van der Waals surface area contributed by atoms with Gasteiger partial charge in [0.05, 0.1) is 18.7 Å². The standard InChI is InChI=1S/C31H38N2O4/c1-3-25(19-22-7-5-4-6-8-22)33-18-16-23(24(21-33)10-14-31(35)36)9-13-30(34)27-15-17-32-29-12-11-26(37-2)20-28(27)29/h3-8,11-12,15,17,20,23-24,30,34H,9-10,13-14,16,18-19,21H2,1-2H3,(H,35,36)/t23?,24?,30-/m0/s1. The van der Waals surface area contributed by atoms with Crippen LogP contribution in [0.4, 0.5) is 0 Å². The molecule has 0 amide bonds. The fourth-order valence-corrected chi connectivity index (χ4v) is 5.65. The number of fused-ring (bicyclic) bond motifs is 1. The van der Waals surface area contributed by atoms with E-state index in [0.717, 1.165) is 54.6 Å². The van der Waals surface area contributed by atoms with Crippen LogP contribution in [0.3, 0.4) is 0 Å². The maximum Gasteiger partial charge on any atom is 0.303 e. The Bertz CT molecular complexity index is 1210. The molecule has 0 radical (unpaired) electrons. The quantitative estimate of drug-likeness (QED) is 0.334. The number of nitrogens with zero attached hydrogens (tertiary/aromatic N) is 2. The molecule has 2 unspecified atom stereocenters. The highest BCUT2D eigenvalue weighted by Crippen LogP contribution is 2.36. The molecule has 4 rings (SSSR count). The van der Waals surface area contributed by atoms with Crippen LogP contribution in [-0.2, 0) is 11.2 Å². The third-order valence-corrected chi connectivity index (χ3v) is 7.74. The molecular formula is C31H38N2O4. The predicted molar refractivity (Wildman–Crippen MR) is 146 cm³/mol. The maximum absolute atomic E-state index is 11.4. The van der Waals surface area contributed by atoms with Crippen molar-refractivity contribution >= 4 is 16.9 Å². The number of carboxylic acid groups (broad SMARTS) is 1. The number of likely N-dealkylation sites (tertiary alicyclic amines) is 1. The number of aliphatic hydroxyl groups excluding tert-OH is 1. The molecule has 3 aromatic rings. The number of pyridine rings is 1. The number of carboxylic acids is 1. The first kappa shape index (κ1) is 26.7. The van der Waals surface area contributed by atoms with E-state index >= 15 is 0 Å². The van der Waals surface area contributed by atoms with Crippen LogP contribution >= 0.6 is 0 Å². The molecule has 6 heteroatoms. The van der Waals surface area contributed by atoms with Gasteiger partial charge in [-0.15, -0.1) is 0 Å². The van der Waals surface area contributed by atoms with Crippen molar-refractivity contribution in [1.29, 1.82) is 0 Å². The molecule has 2 aromatic carbocycles. The van der Waals surface area contributed by atoms with Crippen molar-refractivity contribution in [2.24, 2.45) is 11.8 Å². The minimum Gasteiger partial charge on any atom is -0.497 e. The number of rotatable bonds is 11. The van der Waals surface area contributed by atoms with Crippen LogP contribution in [0.15, 0.2) is 72.6 Å². The molecule has 1 aliphatic rings. The summed E-state index contributed by atoms with van der Waals surface area (Å²) in [6, 6.07) is 18.1. The molecule has 2 heterocycles. The number of ether oxygens (including phenoxy) is 1. The Morgan fingerprint density at radius 2 is 1.97 bits per heavy atom. The van der Waals surface area contributed by atoms with E-state index in [1.54, 1.807) is 13.3 Å². The third kappa shape index (κ3) is 6.89. The molecule has 0 bridgehead atoms. The van der Waals surface area contributed by atoms with Crippen LogP contribution < -0.4 is 4.74 Å². The van der Waals surface area contributed by atoms with Gasteiger partial charge in [-0.05, 0) is 79.8 Å². The Hall–Kier alpha value is -3.38.